The van der Waals surface area contributed by atoms with Crippen molar-refractivity contribution in [3.05, 3.63) is 81.8 Å². The number of amides is 1. The fourth-order valence-electron chi connectivity index (χ4n) is 3.47. The Morgan fingerprint density at radius 3 is 2.39 bits per heavy atom. The summed E-state index contributed by atoms with van der Waals surface area (Å²) in [5.74, 6) is 0.119. The Morgan fingerprint density at radius 1 is 1.15 bits per heavy atom. The largest absolute Gasteiger partial charge is 0.341 e. The van der Waals surface area contributed by atoms with E-state index in [1.807, 2.05) is 7.05 Å². The smallest absolute Gasteiger partial charge is 0.251 e. The van der Waals surface area contributed by atoms with Gasteiger partial charge < -0.3 is 14.5 Å². The number of nitrogens with one attached hydrogen (secondary N) is 1. The third-order valence-corrected chi connectivity index (χ3v) is 7.52. The molecule has 0 aliphatic heterocycles. The molecule has 2 heterocycles. The van der Waals surface area contributed by atoms with E-state index in [0.717, 1.165) is 16.2 Å². The maximum absolute atomic E-state index is 12.9. The molecule has 0 fully saturated rings. The van der Waals surface area contributed by atoms with Gasteiger partial charge >= 0.3 is 0 Å². The number of rotatable bonds is 9. The molecule has 1 unspecified atom stereocenters. The Labute approximate surface area is 197 Å². The Morgan fingerprint density at radius 2 is 1.82 bits per heavy atom. The van der Waals surface area contributed by atoms with Crippen LogP contribution in [0.2, 0.25) is 5.02 Å². The zero-order chi connectivity index (χ0) is 24.2. The van der Waals surface area contributed by atoms with E-state index in [9.17, 15) is 18.0 Å². The summed E-state index contributed by atoms with van der Waals surface area (Å²) in [5.41, 5.74) is 0.274. The number of hydrogen-bond acceptors (Lipinski definition) is 5. The van der Waals surface area contributed by atoms with E-state index in [1.54, 1.807) is 55.1 Å². The number of aryl methyl sites for hydroxylation is 1. The number of nitrogens with zero attached hydrogens (tertiary/aromatic N) is 4. The van der Waals surface area contributed by atoms with Crippen LogP contribution in [0.15, 0.2) is 64.7 Å². The quantitative estimate of drug-likeness (QED) is 0.493. The van der Waals surface area contributed by atoms with Gasteiger partial charge in [-0.2, -0.15) is 4.31 Å². The molecule has 1 atom stereocenters. The molecule has 3 aromatic rings. The first-order valence-electron chi connectivity index (χ1n) is 10.4. The van der Waals surface area contributed by atoms with E-state index < -0.39 is 27.5 Å². The second-order valence-corrected chi connectivity index (χ2v) is 9.74. The van der Waals surface area contributed by atoms with E-state index >= 15 is 0 Å². The number of sulfonamides is 1. The monoisotopic (exact) mass is 491 g/mol. The minimum atomic E-state index is -3.77. The Bertz CT molecular complexity index is 1280. The molecule has 0 bridgehead atoms. The van der Waals surface area contributed by atoms with Gasteiger partial charge in [0.05, 0.1) is 4.90 Å². The van der Waals surface area contributed by atoms with Gasteiger partial charge in [-0.15, -0.1) is 0 Å². The van der Waals surface area contributed by atoms with Crippen LogP contribution in [0.3, 0.4) is 0 Å². The van der Waals surface area contributed by atoms with Crippen molar-refractivity contribution in [1.82, 2.24) is 23.7 Å². The number of imidazole rings is 1. The summed E-state index contributed by atoms with van der Waals surface area (Å²) >= 11 is 6.00. The van der Waals surface area contributed by atoms with Crippen LogP contribution >= 0.6 is 11.6 Å². The fraction of sp³-hybridized carbons (Fsp3) is 0.318. The molecule has 0 saturated heterocycles. The standard InChI is InChI=1S/C22H26ClN5O4S/c1-4-28(5-2)33(31,32)18-10-11-20(30)27(14-18)15-19(29)25-21(22-24-12-13-26(22)3)16-6-8-17(23)9-7-16/h6-14,21H,4-5,15H2,1-3H3,(H,25,29). The normalized spacial score (nSPS) is 12.6. The number of carbonyl (C=O) groups is 1. The maximum Gasteiger partial charge on any atom is 0.251 e. The lowest BCUT2D eigenvalue weighted by Gasteiger charge is -2.20. The molecule has 2 aromatic heterocycles. The van der Waals surface area contributed by atoms with Gasteiger partial charge in [0.25, 0.3) is 5.56 Å². The SMILES string of the molecule is CCN(CC)S(=O)(=O)c1ccc(=O)n(CC(=O)NC(c2ccc(Cl)cc2)c2nccn2C)c1. The van der Waals surface area contributed by atoms with Crippen molar-refractivity contribution < 1.29 is 13.2 Å². The van der Waals surface area contributed by atoms with Crippen LogP contribution in [0.25, 0.3) is 0 Å². The van der Waals surface area contributed by atoms with Gasteiger partial charge in [0, 0.05) is 49.8 Å². The zero-order valence-corrected chi connectivity index (χ0v) is 20.2. The van der Waals surface area contributed by atoms with Gasteiger partial charge in [0.15, 0.2) is 0 Å². The Hall–Kier alpha value is -2.95. The first kappa shape index (κ1) is 24.7. The van der Waals surface area contributed by atoms with Gasteiger partial charge in [-0.05, 0) is 23.8 Å². The first-order chi connectivity index (χ1) is 15.7. The fourth-order valence-corrected chi connectivity index (χ4v) is 5.07. The second kappa shape index (κ2) is 10.3. The van der Waals surface area contributed by atoms with Crippen molar-refractivity contribution in [3.63, 3.8) is 0 Å². The van der Waals surface area contributed by atoms with Crippen molar-refractivity contribution in [3.8, 4) is 0 Å². The van der Waals surface area contributed by atoms with E-state index in [4.69, 9.17) is 11.6 Å². The molecule has 11 heteroatoms. The number of carbonyl (C=O) groups excluding carboxylic acids is 1. The van der Waals surface area contributed by atoms with Crippen LogP contribution in [-0.2, 0) is 28.4 Å². The molecular weight excluding hydrogens is 466 g/mol. The van der Waals surface area contributed by atoms with Crippen LogP contribution in [0.4, 0.5) is 0 Å². The van der Waals surface area contributed by atoms with Crippen molar-refractivity contribution in [1.29, 1.82) is 0 Å². The average molecular weight is 492 g/mol. The van der Waals surface area contributed by atoms with Gasteiger partial charge in [-0.25, -0.2) is 13.4 Å². The zero-order valence-electron chi connectivity index (χ0n) is 18.6. The van der Waals surface area contributed by atoms with Gasteiger partial charge in [0.1, 0.15) is 18.4 Å². The average Bonchev–Trinajstić information content (AvgIpc) is 3.20. The Kier molecular flexibility index (Phi) is 7.72. The number of hydrogen-bond donors (Lipinski definition) is 1. The lowest BCUT2D eigenvalue weighted by Crippen LogP contribution is -2.36. The molecule has 176 valence electrons. The number of benzene rings is 1. The second-order valence-electron chi connectivity index (χ2n) is 7.37. The third kappa shape index (κ3) is 5.52. The topological polar surface area (TPSA) is 106 Å². The van der Waals surface area contributed by atoms with Crippen molar-refractivity contribution in [2.75, 3.05) is 13.1 Å². The van der Waals surface area contributed by atoms with Crippen LogP contribution in [-0.4, -0.2) is 45.8 Å². The van der Waals surface area contributed by atoms with Crippen LogP contribution < -0.4 is 10.9 Å². The molecule has 33 heavy (non-hydrogen) atoms. The van der Waals surface area contributed by atoms with Crippen LogP contribution in [0.1, 0.15) is 31.3 Å². The number of aromatic nitrogens is 3. The predicted octanol–water partition coefficient (Wildman–Crippen LogP) is 2.17. The summed E-state index contributed by atoms with van der Waals surface area (Å²) in [7, 11) is -1.96. The Balaban J connectivity index is 1.89. The summed E-state index contributed by atoms with van der Waals surface area (Å²) in [6, 6.07) is 8.81. The highest BCUT2D eigenvalue weighted by molar-refractivity contribution is 7.89. The molecule has 9 nitrogen and oxygen atoms in total. The van der Waals surface area contributed by atoms with E-state index in [2.05, 4.69) is 10.3 Å². The molecular formula is C22H26ClN5O4S. The molecule has 0 aliphatic rings. The highest BCUT2D eigenvalue weighted by atomic mass is 35.5. The van der Waals surface area contributed by atoms with Crippen molar-refractivity contribution in [2.24, 2.45) is 7.05 Å². The van der Waals surface area contributed by atoms with E-state index in [0.29, 0.717) is 23.9 Å². The minimum Gasteiger partial charge on any atom is -0.341 e. The molecule has 0 aliphatic carbocycles. The predicted molar refractivity (Wildman–Crippen MR) is 125 cm³/mol. The highest BCUT2D eigenvalue weighted by Gasteiger charge is 2.24. The molecule has 1 aromatic carbocycles. The molecule has 1 amide bonds. The first-order valence-corrected chi connectivity index (χ1v) is 12.2. The number of halogens is 1. The van der Waals surface area contributed by atoms with Crippen LogP contribution in [0.5, 0.6) is 0 Å². The van der Waals surface area contributed by atoms with Gasteiger partial charge in [0.2, 0.25) is 15.9 Å². The number of pyridine rings is 1. The van der Waals surface area contributed by atoms with Gasteiger partial charge in [-0.1, -0.05) is 37.6 Å². The maximum atomic E-state index is 12.9. The lowest BCUT2D eigenvalue weighted by molar-refractivity contribution is -0.122. The van der Waals surface area contributed by atoms with Crippen LogP contribution in [0, 0.1) is 0 Å². The summed E-state index contributed by atoms with van der Waals surface area (Å²) in [4.78, 5) is 29.6. The summed E-state index contributed by atoms with van der Waals surface area (Å²) in [6.07, 6.45) is 4.58. The summed E-state index contributed by atoms with van der Waals surface area (Å²) in [5, 5.41) is 3.45. The molecule has 3 rings (SSSR count). The van der Waals surface area contributed by atoms with E-state index in [1.165, 1.54) is 16.6 Å². The van der Waals surface area contributed by atoms with Gasteiger partial charge in [-0.3, -0.25) is 9.59 Å². The van der Waals surface area contributed by atoms with Crippen molar-refractivity contribution >= 4 is 27.5 Å². The summed E-state index contributed by atoms with van der Waals surface area (Å²) in [6.45, 7) is 3.71. The summed E-state index contributed by atoms with van der Waals surface area (Å²) < 4.78 is 29.8. The molecule has 0 radical (unpaired) electrons. The highest BCUT2D eigenvalue weighted by Crippen LogP contribution is 2.22. The minimum absolute atomic E-state index is 0.0445. The van der Waals surface area contributed by atoms with Crippen molar-refractivity contribution in [2.45, 2.75) is 31.3 Å². The molecule has 0 saturated carbocycles. The van der Waals surface area contributed by atoms with E-state index in [-0.39, 0.29) is 11.4 Å². The lowest BCUT2D eigenvalue weighted by atomic mass is 10.1. The molecule has 1 N–H and O–H groups in total. The molecule has 0 spiro atoms. The third-order valence-electron chi connectivity index (χ3n) is 5.24.